The van der Waals surface area contributed by atoms with Crippen molar-refractivity contribution in [1.29, 1.82) is 0 Å². The summed E-state index contributed by atoms with van der Waals surface area (Å²) in [7, 11) is 3.49. The van der Waals surface area contributed by atoms with Crippen LogP contribution in [0.1, 0.15) is 11.3 Å². The molecule has 2 aromatic carbocycles. The lowest BCUT2D eigenvalue weighted by Crippen LogP contribution is -2.47. The number of amides is 2. The van der Waals surface area contributed by atoms with Gasteiger partial charge in [0, 0.05) is 38.3 Å². The molecule has 5 nitrogen and oxygen atoms in total. The molecule has 0 spiro atoms. The topological polar surface area (TPSA) is 57.4 Å². The third-order valence-corrected chi connectivity index (χ3v) is 4.80. The zero-order valence-electron chi connectivity index (χ0n) is 15.9. The number of para-hydroxylation sites is 1. The third kappa shape index (κ3) is 5.11. The normalized spacial score (nSPS) is 12.1. The van der Waals surface area contributed by atoms with Crippen LogP contribution >= 0.6 is 0 Å². The van der Waals surface area contributed by atoms with E-state index in [0.29, 0.717) is 13.2 Å². The molecule has 2 N–H and O–H groups in total. The van der Waals surface area contributed by atoms with E-state index < -0.39 is 0 Å². The van der Waals surface area contributed by atoms with Crippen molar-refractivity contribution in [3.8, 4) is 0 Å². The molecule has 0 radical (unpaired) electrons. The zero-order valence-corrected chi connectivity index (χ0v) is 15.9. The van der Waals surface area contributed by atoms with Crippen molar-refractivity contribution >= 4 is 16.9 Å². The van der Waals surface area contributed by atoms with Gasteiger partial charge in [0.1, 0.15) is 0 Å². The van der Waals surface area contributed by atoms with Crippen molar-refractivity contribution in [2.45, 2.75) is 18.9 Å². The molecule has 0 bridgehead atoms. The predicted molar refractivity (Wildman–Crippen MR) is 109 cm³/mol. The molecule has 3 aromatic rings. The van der Waals surface area contributed by atoms with Gasteiger partial charge in [-0.05, 0) is 29.5 Å². The first-order valence-electron chi connectivity index (χ1n) is 9.27. The number of nitrogens with zero attached hydrogens (tertiary/aromatic N) is 1. The number of hydrogen-bond donors (Lipinski definition) is 2. The Labute approximate surface area is 160 Å². The molecule has 0 aliphatic carbocycles. The number of ether oxygens (including phenoxy) is 1. The van der Waals surface area contributed by atoms with E-state index in [1.807, 2.05) is 37.4 Å². The highest BCUT2D eigenvalue weighted by molar-refractivity contribution is 5.80. The van der Waals surface area contributed by atoms with E-state index in [9.17, 15) is 4.79 Å². The SMILES string of the molecule is COCC(Cc1ccccc1)N(C)C(=O)NCCc1cc2ccccc2[nH]1. The Balaban J connectivity index is 1.53. The van der Waals surface area contributed by atoms with Gasteiger partial charge < -0.3 is 19.9 Å². The van der Waals surface area contributed by atoms with Crippen molar-refractivity contribution < 1.29 is 9.53 Å². The molecule has 1 aromatic heterocycles. The average Bonchev–Trinajstić information content (AvgIpc) is 3.10. The van der Waals surface area contributed by atoms with Crippen LogP contribution in [0, 0.1) is 0 Å². The molecule has 0 fully saturated rings. The monoisotopic (exact) mass is 365 g/mol. The summed E-state index contributed by atoms with van der Waals surface area (Å²) in [5.74, 6) is 0. The van der Waals surface area contributed by atoms with E-state index in [2.05, 4.69) is 40.6 Å². The number of rotatable bonds is 8. The molecule has 2 amide bonds. The molecule has 3 rings (SSSR count). The number of hydrogen-bond acceptors (Lipinski definition) is 2. The molecule has 142 valence electrons. The molecule has 27 heavy (non-hydrogen) atoms. The summed E-state index contributed by atoms with van der Waals surface area (Å²) in [5.41, 5.74) is 3.44. The number of aromatic nitrogens is 1. The van der Waals surface area contributed by atoms with Gasteiger partial charge in [0.05, 0.1) is 12.6 Å². The lowest BCUT2D eigenvalue weighted by Gasteiger charge is -2.28. The van der Waals surface area contributed by atoms with Crippen molar-refractivity contribution in [3.05, 3.63) is 71.9 Å². The van der Waals surface area contributed by atoms with E-state index >= 15 is 0 Å². The van der Waals surface area contributed by atoms with Crippen LogP contribution in [0.5, 0.6) is 0 Å². The molecule has 0 aliphatic heterocycles. The Kier molecular flexibility index (Phi) is 6.49. The first-order chi connectivity index (χ1) is 13.2. The molecule has 0 saturated heterocycles. The fourth-order valence-corrected chi connectivity index (χ4v) is 3.25. The summed E-state index contributed by atoms with van der Waals surface area (Å²) in [4.78, 5) is 17.7. The van der Waals surface area contributed by atoms with Crippen LogP contribution in [-0.2, 0) is 17.6 Å². The fraction of sp³-hybridized carbons (Fsp3) is 0.318. The Morgan fingerprint density at radius 1 is 1.15 bits per heavy atom. The number of carbonyl (C=O) groups is 1. The molecule has 1 atom stereocenters. The number of aromatic amines is 1. The maximum atomic E-state index is 12.6. The smallest absolute Gasteiger partial charge is 0.317 e. The standard InChI is InChI=1S/C22H27N3O2/c1-25(20(16-27-2)14-17-8-4-3-5-9-17)22(26)23-13-12-19-15-18-10-6-7-11-21(18)24-19/h3-11,15,20,24H,12-14,16H2,1-2H3,(H,23,26). The zero-order chi connectivity index (χ0) is 19.1. The van der Waals surface area contributed by atoms with Crippen molar-refractivity contribution in [1.82, 2.24) is 15.2 Å². The molecule has 1 heterocycles. The summed E-state index contributed by atoms with van der Waals surface area (Å²) in [6.07, 6.45) is 1.53. The van der Waals surface area contributed by atoms with Gasteiger partial charge in [0.25, 0.3) is 0 Å². The molecule has 5 heteroatoms. The lowest BCUT2D eigenvalue weighted by atomic mass is 10.1. The largest absolute Gasteiger partial charge is 0.383 e. The Morgan fingerprint density at radius 3 is 2.63 bits per heavy atom. The van der Waals surface area contributed by atoms with Crippen LogP contribution in [0.3, 0.4) is 0 Å². The van der Waals surface area contributed by atoms with E-state index in [0.717, 1.165) is 24.1 Å². The number of fused-ring (bicyclic) bond motifs is 1. The van der Waals surface area contributed by atoms with Gasteiger partial charge in [-0.2, -0.15) is 0 Å². The number of H-pyrrole nitrogens is 1. The van der Waals surface area contributed by atoms with Crippen molar-refractivity contribution in [2.24, 2.45) is 0 Å². The van der Waals surface area contributed by atoms with E-state index in [1.54, 1.807) is 12.0 Å². The number of urea groups is 1. The number of likely N-dealkylation sites (N-methyl/N-ethyl adjacent to an activating group) is 1. The van der Waals surface area contributed by atoms with Crippen LogP contribution in [0.2, 0.25) is 0 Å². The first-order valence-corrected chi connectivity index (χ1v) is 9.27. The Bertz CT molecular complexity index is 827. The van der Waals surface area contributed by atoms with Gasteiger partial charge in [-0.15, -0.1) is 0 Å². The van der Waals surface area contributed by atoms with Gasteiger partial charge in [0.15, 0.2) is 0 Å². The average molecular weight is 365 g/mol. The molecular weight excluding hydrogens is 338 g/mol. The molecule has 0 aliphatic rings. The summed E-state index contributed by atoms with van der Waals surface area (Å²) < 4.78 is 5.33. The van der Waals surface area contributed by atoms with Crippen LogP contribution in [-0.4, -0.2) is 49.3 Å². The van der Waals surface area contributed by atoms with Crippen LogP contribution < -0.4 is 5.32 Å². The van der Waals surface area contributed by atoms with Crippen molar-refractivity contribution in [3.63, 3.8) is 0 Å². The summed E-state index contributed by atoms with van der Waals surface area (Å²) in [5, 5.41) is 4.20. The van der Waals surface area contributed by atoms with Crippen LogP contribution in [0.15, 0.2) is 60.7 Å². The molecular formula is C22H27N3O2. The Morgan fingerprint density at radius 2 is 1.89 bits per heavy atom. The van der Waals surface area contributed by atoms with E-state index in [-0.39, 0.29) is 12.1 Å². The maximum absolute atomic E-state index is 12.6. The highest BCUT2D eigenvalue weighted by Gasteiger charge is 2.20. The molecule has 1 unspecified atom stereocenters. The van der Waals surface area contributed by atoms with Crippen LogP contribution in [0.25, 0.3) is 10.9 Å². The predicted octanol–water partition coefficient (Wildman–Crippen LogP) is 3.61. The number of carbonyl (C=O) groups excluding carboxylic acids is 1. The quantitative estimate of drug-likeness (QED) is 0.641. The van der Waals surface area contributed by atoms with Crippen molar-refractivity contribution in [2.75, 3.05) is 27.3 Å². The van der Waals surface area contributed by atoms with Gasteiger partial charge in [-0.3, -0.25) is 0 Å². The Hall–Kier alpha value is -2.79. The highest BCUT2D eigenvalue weighted by atomic mass is 16.5. The van der Waals surface area contributed by atoms with Gasteiger partial charge in [-0.25, -0.2) is 4.79 Å². The lowest BCUT2D eigenvalue weighted by molar-refractivity contribution is 0.115. The van der Waals surface area contributed by atoms with Gasteiger partial charge in [-0.1, -0.05) is 48.5 Å². The highest BCUT2D eigenvalue weighted by Crippen LogP contribution is 2.14. The summed E-state index contributed by atoms with van der Waals surface area (Å²) in [6, 6.07) is 20.4. The summed E-state index contributed by atoms with van der Waals surface area (Å²) >= 11 is 0. The molecule has 0 saturated carbocycles. The number of nitrogens with one attached hydrogen (secondary N) is 2. The van der Waals surface area contributed by atoms with E-state index in [1.165, 1.54) is 10.9 Å². The third-order valence-electron chi connectivity index (χ3n) is 4.80. The van der Waals surface area contributed by atoms with Crippen LogP contribution in [0.4, 0.5) is 4.79 Å². The number of methoxy groups -OCH3 is 1. The second kappa shape index (κ2) is 9.24. The maximum Gasteiger partial charge on any atom is 0.317 e. The first kappa shape index (κ1) is 19.0. The number of benzene rings is 2. The minimum absolute atomic E-state index is 0.00882. The second-order valence-electron chi connectivity index (χ2n) is 6.77. The minimum atomic E-state index is -0.0795. The fourth-order valence-electron chi connectivity index (χ4n) is 3.25. The second-order valence-corrected chi connectivity index (χ2v) is 6.77. The minimum Gasteiger partial charge on any atom is -0.383 e. The van der Waals surface area contributed by atoms with E-state index in [4.69, 9.17) is 4.74 Å². The van der Waals surface area contributed by atoms with Gasteiger partial charge in [0.2, 0.25) is 0 Å². The summed E-state index contributed by atoms with van der Waals surface area (Å²) in [6.45, 7) is 1.09. The van der Waals surface area contributed by atoms with Gasteiger partial charge >= 0.3 is 6.03 Å².